The molecule has 0 N–H and O–H groups in total. The molecule has 0 saturated carbocycles. The Hall–Kier alpha value is 0.150. The van der Waals surface area contributed by atoms with Crippen molar-refractivity contribution < 1.29 is 16.8 Å². The van der Waals surface area contributed by atoms with E-state index < -0.39 is 24.3 Å². The van der Waals surface area contributed by atoms with Crippen LogP contribution in [0.1, 0.15) is 12.8 Å². The van der Waals surface area contributed by atoms with Crippen molar-refractivity contribution in [1.82, 2.24) is 4.31 Å². The van der Waals surface area contributed by atoms with Crippen molar-refractivity contribution >= 4 is 29.8 Å². The van der Waals surface area contributed by atoms with Gasteiger partial charge in [-0.05, 0) is 12.8 Å². The Morgan fingerprint density at radius 3 is 2.29 bits per heavy atom. The summed E-state index contributed by atoms with van der Waals surface area (Å²) in [4.78, 5) is 0. The Bertz CT molecular complexity index is 364. The predicted molar refractivity (Wildman–Crippen MR) is 54.2 cm³/mol. The summed E-state index contributed by atoms with van der Waals surface area (Å²) in [7, 11) is -1.78. The summed E-state index contributed by atoms with van der Waals surface area (Å²) in [5.74, 6) is 0. The maximum Gasteiger partial charge on any atom is 0.236 e. The molecule has 0 aromatic rings. The summed E-state index contributed by atoms with van der Waals surface area (Å²) < 4.78 is 45.5. The van der Waals surface area contributed by atoms with Crippen LogP contribution < -0.4 is 0 Å². The van der Waals surface area contributed by atoms with E-state index >= 15 is 0 Å². The minimum absolute atomic E-state index is 0.0231. The zero-order valence-corrected chi connectivity index (χ0v) is 10.1. The highest BCUT2D eigenvalue weighted by molar-refractivity contribution is 8.14. The van der Waals surface area contributed by atoms with Gasteiger partial charge in [-0.1, -0.05) is 0 Å². The monoisotopic (exact) mass is 261 g/mol. The fraction of sp³-hybridized carbons (Fsp3) is 1.00. The molecule has 8 heteroatoms. The van der Waals surface area contributed by atoms with Crippen molar-refractivity contribution in [2.45, 2.75) is 18.1 Å². The second-order valence-corrected chi connectivity index (χ2v) is 8.25. The van der Waals surface area contributed by atoms with Crippen molar-refractivity contribution in [3.8, 4) is 0 Å². The van der Waals surface area contributed by atoms with E-state index in [-0.39, 0.29) is 6.54 Å². The highest BCUT2D eigenvalue weighted by atomic mass is 35.7. The molecule has 1 rings (SSSR count). The van der Waals surface area contributed by atoms with E-state index in [4.69, 9.17) is 10.7 Å². The highest BCUT2D eigenvalue weighted by Gasteiger charge is 2.32. The minimum atomic E-state index is -3.65. The van der Waals surface area contributed by atoms with Crippen LogP contribution in [0, 0.1) is 0 Å². The number of sulfonamides is 1. The second-order valence-electron chi connectivity index (χ2n) is 3.36. The lowest BCUT2D eigenvalue weighted by Crippen LogP contribution is -2.43. The first-order valence-corrected chi connectivity index (χ1v) is 8.32. The van der Waals surface area contributed by atoms with Gasteiger partial charge in [0.1, 0.15) is 0 Å². The number of halogens is 1. The zero-order valence-electron chi connectivity index (χ0n) is 7.68. The average molecular weight is 262 g/mol. The summed E-state index contributed by atoms with van der Waals surface area (Å²) in [5.41, 5.74) is 0. The molecule has 0 radical (unpaired) electrons. The van der Waals surface area contributed by atoms with Crippen molar-refractivity contribution in [2.24, 2.45) is 0 Å². The molecule has 0 spiro atoms. The minimum Gasteiger partial charge on any atom is -0.213 e. The van der Waals surface area contributed by atoms with Gasteiger partial charge in [0.2, 0.25) is 19.1 Å². The Morgan fingerprint density at radius 1 is 1.29 bits per heavy atom. The zero-order chi connectivity index (χ0) is 11.0. The Balaban J connectivity index is 2.81. The molecule has 1 aliphatic heterocycles. The summed E-state index contributed by atoms with van der Waals surface area (Å²) in [6, 6.07) is 0. The predicted octanol–water partition coefficient (Wildman–Crippen LogP) is -0.0210. The lowest BCUT2D eigenvalue weighted by molar-refractivity contribution is 0.350. The molecule has 0 aromatic carbocycles. The first-order valence-electron chi connectivity index (χ1n) is 4.10. The SMILES string of the molecule is CS(=O)(=O)N1CCCC(S(=O)(=O)Cl)C1. The Morgan fingerprint density at radius 2 is 1.86 bits per heavy atom. The Kier molecular flexibility index (Phi) is 3.45. The molecule has 0 bridgehead atoms. The Labute approximate surface area is 88.5 Å². The van der Waals surface area contributed by atoms with Crippen LogP contribution in [0.3, 0.4) is 0 Å². The second kappa shape index (κ2) is 3.96. The summed E-state index contributed by atoms with van der Waals surface area (Å²) in [5, 5.41) is -0.771. The van der Waals surface area contributed by atoms with Gasteiger partial charge < -0.3 is 0 Å². The van der Waals surface area contributed by atoms with Crippen LogP contribution in [0.25, 0.3) is 0 Å². The van der Waals surface area contributed by atoms with E-state index in [1.807, 2.05) is 0 Å². The van der Waals surface area contributed by atoms with E-state index in [0.717, 1.165) is 10.6 Å². The van der Waals surface area contributed by atoms with Crippen molar-refractivity contribution in [3.63, 3.8) is 0 Å². The van der Waals surface area contributed by atoms with Gasteiger partial charge in [0.15, 0.2) is 0 Å². The van der Waals surface area contributed by atoms with Gasteiger partial charge in [-0.3, -0.25) is 0 Å². The maximum absolute atomic E-state index is 11.1. The molecule has 1 aliphatic rings. The van der Waals surface area contributed by atoms with Gasteiger partial charge in [-0.25, -0.2) is 21.1 Å². The van der Waals surface area contributed by atoms with Gasteiger partial charge in [0.25, 0.3) is 0 Å². The van der Waals surface area contributed by atoms with E-state index in [1.165, 1.54) is 0 Å². The third-order valence-electron chi connectivity index (χ3n) is 2.21. The van der Waals surface area contributed by atoms with Crippen molar-refractivity contribution in [1.29, 1.82) is 0 Å². The van der Waals surface area contributed by atoms with Crippen LogP contribution in [0.4, 0.5) is 0 Å². The molecule has 1 atom stereocenters. The highest BCUT2D eigenvalue weighted by Crippen LogP contribution is 2.21. The molecular weight excluding hydrogens is 250 g/mol. The van der Waals surface area contributed by atoms with Gasteiger partial charge in [-0.15, -0.1) is 0 Å². The number of hydrogen-bond donors (Lipinski definition) is 0. The molecule has 1 fully saturated rings. The van der Waals surface area contributed by atoms with Crippen molar-refractivity contribution in [2.75, 3.05) is 19.3 Å². The van der Waals surface area contributed by atoms with Gasteiger partial charge >= 0.3 is 0 Å². The number of piperidine rings is 1. The summed E-state index contributed by atoms with van der Waals surface area (Å²) in [6.07, 6.45) is 2.03. The van der Waals surface area contributed by atoms with Crippen molar-refractivity contribution in [3.05, 3.63) is 0 Å². The van der Waals surface area contributed by atoms with Gasteiger partial charge in [0, 0.05) is 23.8 Å². The summed E-state index contributed by atoms with van der Waals surface area (Å²) >= 11 is 0. The third-order valence-corrected chi connectivity index (χ3v) is 5.41. The molecule has 0 aromatic heterocycles. The molecule has 1 heterocycles. The van der Waals surface area contributed by atoms with Crippen LogP contribution in [-0.2, 0) is 19.1 Å². The lowest BCUT2D eigenvalue weighted by atomic mass is 10.2. The molecule has 14 heavy (non-hydrogen) atoms. The molecule has 1 unspecified atom stereocenters. The first kappa shape index (κ1) is 12.2. The fourth-order valence-electron chi connectivity index (χ4n) is 1.44. The molecule has 0 amide bonds. The van der Waals surface area contributed by atoms with E-state index in [9.17, 15) is 16.8 Å². The topological polar surface area (TPSA) is 71.5 Å². The van der Waals surface area contributed by atoms with Gasteiger partial charge in [-0.2, -0.15) is 0 Å². The first-order chi connectivity index (χ1) is 6.21. The number of hydrogen-bond acceptors (Lipinski definition) is 4. The van der Waals surface area contributed by atoms with Gasteiger partial charge in [0.05, 0.1) is 11.5 Å². The fourth-order valence-corrected chi connectivity index (χ4v) is 3.68. The van der Waals surface area contributed by atoms with Crippen LogP contribution in [0.2, 0.25) is 0 Å². The maximum atomic E-state index is 11.1. The van der Waals surface area contributed by atoms with E-state index in [2.05, 4.69) is 0 Å². The van der Waals surface area contributed by atoms with E-state index in [0.29, 0.717) is 19.4 Å². The summed E-state index contributed by atoms with van der Waals surface area (Å²) in [6.45, 7) is 0.354. The standard InChI is InChI=1S/C6H12ClNO4S2/c1-13(9,10)8-4-2-3-6(5-8)14(7,11)12/h6H,2-5H2,1H3. The largest absolute Gasteiger partial charge is 0.236 e. The molecule has 1 saturated heterocycles. The number of rotatable bonds is 2. The average Bonchev–Trinajstić information content (AvgIpc) is 2.01. The van der Waals surface area contributed by atoms with Crippen LogP contribution in [-0.4, -0.2) is 45.7 Å². The molecule has 84 valence electrons. The van der Waals surface area contributed by atoms with Crippen LogP contribution in [0.15, 0.2) is 0 Å². The lowest BCUT2D eigenvalue weighted by Gasteiger charge is -2.28. The molecule has 5 nitrogen and oxygen atoms in total. The van der Waals surface area contributed by atoms with Crippen LogP contribution >= 0.6 is 10.7 Å². The number of nitrogens with zero attached hydrogens (tertiary/aromatic N) is 1. The smallest absolute Gasteiger partial charge is 0.213 e. The van der Waals surface area contributed by atoms with E-state index in [1.54, 1.807) is 0 Å². The third kappa shape index (κ3) is 3.08. The molecular formula is C6H12ClNO4S2. The quantitative estimate of drug-likeness (QED) is 0.655. The molecule has 0 aliphatic carbocycles. The van der Waals surface area contributed by atoms with Crippen LogP contribution in [0.5, 0.6) is 0 Å². The normalized spacial score (nSPS) is 26.3.